The largest absolute Gasteiger partial charge is 0.452 e. The van der Waals surface area contributed by atoms with Gasteiger partial charge in [-0.25, -0.2) is 4.79 Å². The normalized spacial score (nSPS) is 10.3. The monoisotopic (exact) mass is 309 g/mol. The number of hydrogen-bond acceptors (Lipinski definition) is 6. The minimum Gasteiger partial charge on any atom is -0.452 e. The summed E-state index contributed by atoms with van der Waals surface area (Å²) < 4.78 is 10.7. The van der Waals surface area contributed by atoms with Crippen molar-refractivity contribution in [3.63, 3.8) is 0 Å². The lowest BCUT2D eigenvalue weighted by Gasteiger charge is -2.07. The van der Waals surface area contributed by atoms with Gasteiger partial charge in [0.1, 0.15) is 0 Å². The van der Waals surface area contributed by atoms with Gasteiger partial charge in [0.25, 0.3) is 5.89 Å². The van der Waals surface area contributed by atoms with Gasteiger partial charge in [-0.05, 0) is 24.3 Å². The first-order valence-electron chi connectivity index (χ1n) is 7.09. The molecule has 0 radical (unpaired) electrons. The van der Waals surface area contributed by atoms with Gasteiger partial charge < -0.3 is 14.5 Å². The summed E-state index contributed by atoms with van der Waals surface area (Å²) in [6.45, 7) is -0.0727. The van der Waals surface area contributed by atoms with Crippen molar-refractivity contribution in [1.82, 2.24) is 10.2 Å². The van der Waals surface area contributed by atoms with Gasteiger partial charge in [0.15, 0.2) is 6.61 Å². The van der Waals surface area contributed by atoms with Crippen molar-refractivity contribution in [2.24, 2.45) is 0 Å². The molecule has 0 aliphatic carbocycles. The molecule has 0 spiro atoms. The molecule has 0 saturated carbocycles. The average molecular weight is 309 g/mol. The highest BCUT2D eigenvalue weighted by Crippen LogP contribution is 2.19. The third kappa shape index (κ3) is 3.37. The highest BCUT2D eigenvalue weighted by Gasteiger charge is 2.14. The molecule has 0 unspecified atom stereocenters. The molecule has 23 heavy (non-hydrogen) atoms. The summed E-state index contributed by atoms with van der Waals surface area (Å²) in [4.78, 5) is 12.1. The smallest absolute Gasteiger partial charge is 0.340 e. The zero-order valence-electron chi connectivity index (χ0n) is 12.5. The molecule has 0 saturated heterocycles. The number of rotatable bonds is 5. The zero-order valence-corrected chi connectivity index (χ0v) is 12.5. The Morgan fingerprint density at radius 1 is 1.09 bits per heavy atom. The van der Waals surface area contributed by atoms with Crippen LogP contribution in [0.2, 0.25) is 0 Å². The number of hydrogen-bond donors (Lipinski definition) is 1. The first-order chi connectivity index (χ1) is 11.3. The quantitative estimate of drug-likeness (QED) is 0.730. The second-order valence-electron chi connectivity index (χ2n) is 4.74. The molecule has 1 heterocycles. The van der Waals surface area contributed by atoms with E-state index >= 15 is 0 Å². The fraction of sp³-hybridized carbons (Fsp3) is 0.118. The molecule has 3 rings (SSSR count). The highest BCUT2D eigenvalue weighted by atomic mass is 16.5. The van der Waals surface area contributed by atoms with Crippen molar-refractivity contribution >= 4 is 11.7 Å². The second-order valence-corrected chi connectivity index (χ2v) is 4.74. The Labute approximate surface area is 133 Å². The minimum absolute atomic E-state index is 0.0727. The van der Waals surface area contributed by atoms with E-state index in [1.165, 1.54) is 0 Å². The number of benzene rings is 2. The van der Waals surface area contributed by atoms with Crippen LogP contribution in [0.1, 0.15) is 16.2 Å². The number of anilines is 1. The summed E-state index contributed by atoms with van der Waals surface area (Å²) in [5, 5.41) is 10.8. The van der Waals surface area contributed by atoms with Crippen LogP contribution >= 0.6 is 0 Å². The predicted molar refractivity (Wildman–Crippen MR) is 84.8 cm³/mol. The van der Waals surface area contributed by atoms with Crippen molar-refractivity contribution < 1.29 is 13.9 Å². The Hall–Kier alpha value is -3.15. The molecule has 116 valence electrons. The van der Waals surface area contributed by atoms with E-state index in [-0.39, 0.29) is 12.5 Å². The number of nitrogens with one attached hydrogen (secondary N) is 1. The standard InChI is InChI=1S/C17H15N3O3/c1-18-14-10-6-5-9-13(14)17(21)22-11-15-19-20-16(23-15)12-7-3-2-4-8-12/h2-10,18H,11H2,1H3. The van der Waals surface area contributed by atoms with E-state index in [1.807, 2.05) is 36.4 Å². The number of esters is 1. The SMILES string of the molecule is CNc1ccccc1C(=O)OCc1nnc(-c2ccccc2)o1. The van der Waals surface area contributed by atoms with Crippen LogP contribution in [0.4, 0.5) is 5.69 Å². The number of para-hydroxylation sites is 1. The molecule has 0 atom stereocenters. The molecular weight excluding hydrogens is 294 g/mol. The first-order valence-corrected chi connectivity index (χ1v) is 7.09. The van der Waals surface area contributed by atoms with E-state index < -0.39 is 5.97 Å². The van der Waals surface area contributed by atoms with Crippen molar-refractivity contribution in [2.45, 2.75) is 6.61 Å². The lowest BCUT2D eigenvalue weighted by atomic mass is 10.2. The summed E-state index contributed by atoms with van der Waals surface area (Å²) in [5.74, 6) is 0.195. The lowest BCUT2D eigenvalue weighted by Crippen LogP contribution is -2.08. The predicted octanol–water partition coefficient (Wildman–Crippen LogP) is 3.14. The van der Waals surface area contributed by atoms with Crippen molar-refractivity contribution in [3.05, 3.63) is 66.1 Å². The van der Waals surface area contributed by atoms with Crippen LogP contribution in [-0.4, -0.2) is 23.2 Å². The highest BCUT2D eigenvalue weighted by molar-refractivity contribution is 5.95. The molecule has 6 nitrogen and oxygen atoms in total. The van der Waals surface area contributed by atoms with Gasteiger partial charge in [0.2, 0.25) is 5.89 Å². The van der Waals surface area contributed by atoms with E-state index in [0.29, 0.717) is 17.1 Å². The number of aromatic nitrogens is 2. The van der Waals surface area contributed by atoms with Crippen LogP contribution in [0.3, 0.4) is 0 Å². The fourth-order valence-electron chi connectivity index (χ4n) is 2.09. The van der Waals surface area contributed by atoms with Gasteiger partial charge in [-0.2, -0.15) is 0 Å². The van der Waals surface area contributed by atoms with Gasteiger partial charge in [-0.1, -0.05) is 30.3 Å². The topological polar surface area (TPSA) is 77.2 Å². The molecule has 1 aromatic heterocycles. The van der Waals surface area contributed by atoms with E-state index in [2.05, 4.69) is 15.5 Å². The Kier molecular flexibility index (Phi) is 4.33. The van der Waals surface area contributed by atoms with Gasteiger partial charge in [0.05, 0.1) is 5.56 Å². The molecule has 1 N–H and O–H groups in total. The number of carbonyl (C=O) groups is 1. The third-order valence-electron chi connectivity index (χ3n) is 3.23. The van der Waals surface area contributed by atoms with Crippen molar-refractivity contribution in [3.8, 4) is 11.5 Å². The molecular formula is C17H15N3O3. The lowest BCUT2D eigenvalue weighted by molar-refractivity contribution is 0.0440. The van der Waals surface area contributed by atoms with Crippen LogP contribution < -0.4 is 5.32 Å². The summed E-state index contributed by atoms with van der Waals surface area (Å²) in [5.41, 5.74) is 1.98. The van der Waals surface area contributed by atoms with E-state index in [0.717, 1.165) is 5.56 Å². The molecule has 0 aliphatic rings. The molecule has 3 aromatic rings. The maximum atomic E-state index is 12.1. The maximum Gasteiger partial charge on any atom is 0.340 e. The first kappa shape index (κ1) is 14.8. The number of carbonyl (C=O) groups excluding carboxylic acids is 1. The summed E-state index contributed by atoms with van der Waals surface area (Å²) >= 11 is 0. The Balaban J connectivity index is 1.67. The minimum atomic E-state index is -0.450. The van der Waals surface area contributed by atoms with Crippen LogP contribution in [0, 0.1) is 0 Å². The zero-order chi connectivity index (χ0) is 16.1. The van der Waals surface area contributed by atoms with Crippen molar-refractivity contribution in [1.29, 1.82) is 0 Å². The Bertz CT molecular complexity index is 800. The molecule has 2 aromatic carbocycles. The maximum absolute atomic E-state index is 12.1. The summed E-state index contributed by atoms with van der Waals surface area (Å²) in [7, 11) is 1.75. The van der Waals surface area contributed by atoms with Gasteiger partial charge in [-0.3, -0.25) is 0 Å². The summed E-state index contributed by atoms with van der Waals surface area (Å²) in [6.07, 6.45) is 0. The van der Waals surface area contributed by atoms with Gasteiger partial charge in [-0.15, -0.1) is 10.2 Å². The second kappa shape index (κ2) is 6.74. The van der Waals surface area contributed by atoms with E-state index in [1.54, 1.807) is 25.2 Å². The third-order valence-corrected chi connectivity index (χ3v) is 3.23. The molecule has 0 aliphatic heterocycles. The van der Waals surface area contributed by atoms with Crippen LogP contribution in [0.15, 0.2) is 59.0 Å². The average Bonchev–Trinajstić information content (AvgIpc) is 3.09. The van der Waals surface area contributed by atoms with Crippen LogP contribution in [-0.2, 0) is 11.3 Å². The Morgan fingerprint density at radius 2 is 1.83 bits per heavy atom. The van der Waals surface area contributed by atoms with Crippen LogP contribution in [0.25, 0.3) is 11.5 Å². The van der Waals surface area contributed by atoms with Gasteiger partial charge in [0, 0.05) is 18.3 Å². The van der Waals surface area contributed by atoms with Crippen molar-refractivity contribution in [2.75, 3.05) is 12.4 Å². The fourth-order valence-corrected chi connectivity index (χ4v) is 2.09. The van der Waals surface area contributed by atoms with Gasteiger partial charge >= 0.3 is 5.97 Å². The Morgan fingerprint density at radius 3 is 2.61 bits per heavy atom. The van der Waals surface area contributed by atoms with E-state index in [9.17, 15) is 4.79 Å². The molecule has 0 fully saturated rings. The number of ether oxygens (including phenoxy) is 1. The number of nitrogens with zero attached hydrogens (tertiary/aromatic N) is 2. The molecule has 0 amide bonds. The molecule has 0 bridgehead atoms. The van der Waals surface area contributed by atoms with E-state index in [4.69, 9.17) is 9.15 Å². The molecule has 6 heteroatoms. The van der Waals surface area contributed by atoms with Crippen LogP contribution in [0.5, 0.6) is 0 Å². The summed E-state index contributed by atoms with van der Waals surface area (Å²) in [6, 6.07) is 16.5.